The summed E-state index contributed by atoms with van der Waals surface area (Å²) in [6, 6.07) is 8.58. The number of hydrogen-bond acceptors (Lipinski definition) is 5. The van der Waals surface area contributed by atoms with Gasteiger partial charge in [-0.3, -0.25) is 14.4 Å². The Morgan fingerprint density at radius 1 is 1.06 bits per heavy atom. The molecule has 5 atom stereocenters. The van der Waals surface area contributed by atoms with Crippen molar-refractivity contribution in [2.24, 2.45) is 17.3 Å². The Kier molecular flexibility index (Phi) is 5.57. The van der Waals surface area contributed by atoms with Gasteiger partial charge in [0.05, 0.1) is 0 Å². The Morgan fingerprint density at radius 2 is 1.79 bits per heavy atom. The van der Waals surface area contributed by atoms with Gasteiger partial charge < -0.3 is 10.1 Å². The lowest BCUT2D eigenvalue weighted by Gasteiger charge is -2.55. The van der Waals surface area contributed by atoms with Crippen LogP contribution in [0.1, 0.15) is 77.2 Å². The Balaban J connectivity index is 1.69. The fourth-order valence-electron chi connectivity index (χ4n) is 7.89. The second-order valence-corrected chi connectivity index (χ2v) is 10.9. The molecule has 0 bridgehead atoms. The lowest BCUT2D eigenvalue weighted by atomic mass is 9.50. The fourth-order valence-corrected chi connectivity index (χ4v) is 7.89. The molecule has 5 nitrogen and oxygen atoms in total. The van der Waals surface area contributed by atoms with Gasteiger partial charge in [0, 0.05) is 37.4 Å². The molecular weight excluding hydrogens is 426 g/mol. The summed E-state index contributed by atoms with van der Waals surface area (Å²) in [5.74, 6) is 0.579. The number of carbonyl (C=O) groups excluding carboxylic acids is 3. The number of carbonyl (C=O) groups is 3. The highest BCUT2D eigenvalue weighted by atomic mass is 16.6. The van der Waals surface area contributed by atoms with E-state index in [1.165, 1.54) is 29.2 Å². The molecule has 180 valence electrons. The van der Waals surface area contributed by atoms with Crippen molar-refractivity contribution in [3.05, 3.63) is 52.6 Å². The zero-order valence-corrected chi connectivity index (χ0v) is 20.7. The normalized spacial score (nSPS) is 34.5. The maximum Gasteiger partial charge on any atom is 0.303 e. The number of hydrogen-bond donors (Lipinski definition) is 1. The third-order valence-corrected chi connectivity index (χ3v) is 9.34. The van der Waals surface area contributed by atoms with Crippen molar-refractivity contribution in [1.29, 1.82) is 0 Å². The number of esters is 1. The quantitative estimate of drug-likeness (QED) is 0.598. The molecule has 1 N–H and O–H groups in total. The van der Waals surface area contributed by atoms with Crippen LogP contribution >= 0.6 is 0 Å². The van der Waals surface area contributed by atoms with Crippen molar-refractivity contribution in [2.45, 2.75) is 77.2 Å². The minimum absolute atomic E-state index is 0.0345. The summed E-state index contributed by atoms with van der Waals surface area (Å²) in [5, 5.41) is 3.20. The molecule has 0 saturated heterocycles. The molecule has 0 spiro atoms. The van der Waals surface area contributed by atoms with Gasteiger partial charge >= 0.3 is 5.97 Å². The largest absolute Gasteiger partial charge is 0.451 e. The molecule has 5 rings (SSSR count). The highest BCUT2D eigenvalue weighted by Crippen LogP contribution is 2.67. The number of allylic oxidation sites excluding steroid dienone is 4. The van der Waals surface area contributed by atoms with Crippen LogP contribution in [0, 0.1) is 17.3 Å². The first-order valence-electron chi connectivity index (χ1n) is 12.6. The predicted molar refractivity (Wildman–Crippen MR) is 131 cm³/mol. The highest BCUT2D eigenvalue weighted by Gasteiger charge is 2.67. The molecule has 4 aliphatic rings. The molecule has 0 aliphatic heterocycles. The zero-order valence-electron chi connectivity index (χ0n) is 20.7. The van der Waals surface area contributed by atoms with Crippen LogP contribution in [0.15, 0.2) is 47.1 Å². The minimum atomic E-state index is -1.07. The number of ether oxygens (including phenoxy) is 1. The molecule has 0 aromatic heterocycles. The average Bonchev–Trinajstić information content (AvgIpc) is 3.10. The average molecular weight is 462 g/mol. The lowest BCUT2D eigenvalue weighted by molar-refractivity contribution is -0.182. The molecule has 0 amide bonds. The Hall–Kier alpha value is -2.69. The number of nitrogens with one attached hydrogen (secondary N) is 1. The number of rotatable bonds is 4. The van der Waals surface area contributed by atoms with Gasteiger partial charge in [0.1, 0.15) is 0 Å². The first-order valence-corrected chi connectivity index (χ1v) is 12.6. The Bertz CT molecular complexity index is 1110. The predicted octanol–water partition coefficient (Wildman–Crippen LogP) is 5.52. The Labute approximate surface area is 202 Å². The summed E-state index contributed by atoms with van der Waals surface area (Å²) in [7, 11) is 1.91. The molecule has 2 saturated carbocycles. The molecular formula is C29H35NO4. The van der Waals surface area contributed by atoms with Crippen LogP contribution in [0.25, 0.3) is 0 Å². The van der Waals surface area contributed by atoms with Crippen molar-refractivity contribution in [2.75, 3.05) is 12.4 Å². The SMILES string of the molecule is CNc1ccc([C@H]2C[C@@]3(C)[C@@H](CCC3(OC(C)=O)C(C)=O)[C@@H]3CCC4=CC(=O)CCC4=C32)cc1. The van der Waals surface area contributed by atoms with E-state index < -0.39 is 11.0 Å². The smallest absolute Gasteiger partial charge is 0.303 e. The van der Waals surface area contributed by atoms with Crippen LogP contribution < -0.4 is 5.32 Å². The standard InChI is InChI=1S/C29H35NO4/c1-17(31)29(34-18(2)32)14-13-26-24-11-7-20-15-22(33)10-12-23(20)27(24)25(16-28(26,29)3)19-5-8-21(30-4)9-6-19/h5-6,8-9,15,24-26,30H,7,10-14,16H2,1-4H3/t24-,25+,26-,28-,29?/m0/s1. The summed E-state index contributed by atoms with van der Waals surface area (Å²) < 4.78 is 5.98. The van der Waals surface area contributed by atoms with E-state index in [0.29, 0.717) is 18.8 Å². The first kappa shape index (κ1) is 23.1. The molecule has 4 aliphatic carbocycles. The monoisotopic (exact) mass is 461 g/mol. The van der Waals surface area contributed by atoms with E-state index in [1.807, 2.05) is 13.1 Å². The summed E-state index contributed by atoms with van der Waals surface area (Å²) >= 11 is 0. The van der Waals surface area contributed by atoms with Crippen molar-refractivity contribution in [1.82, 2.24) is 0 Å². The van der Waals surface area contributed by atoms with Crippen molar-refractivity contribution >= 4 is 23.2 Å². The molecule has 34 heavy (non-hydrogen) atoms. The van der Waals surface area contributed by atoms with Gasteiger partial charge in [-0.25, -0.2) is 0 Å². The third-order valence-electron chi connectivity index (χ3n) is 9.34. The van der Waals surface area contributed by atoms with Crippen molar-refractivity contribution in [3.8, 4) is 0 Å². The third kappa shape index (κ3) is 3.30. The van der Waals surface area contributed by atoms with E-state index in [-0.39, 0.29) is 29.4 Å². The van der Waals surface area contributed by atoms with E-state index in [0.717, 1.165) is 37.8 Å². The first-order chi connectivity index (χ1) is 16.2. The topological polar surface area (TPSA) is 72.5 Å². The summed E-state index contributed by atoms with van der Waals surface area (Å²) in [6.45, 7) is 5.21. The van der Waals surface area contributed by atoms with Crippen LogP contribution in [0.5, 0.6) is 0 Å². The molecule has 1 unspecified atom stereocenters. The van der Waals surface area contributed by atoms with Gasteiger partial charge in [-0.2, -0.15) is 0 Å². The van der Waals surface area contributed by atoms with Gasteiger partial charge in [0.2, 0.25) is 0 Å². The van der Waals surface area contributed by atoms with Crippen molar-refractivity contribution in [3.63, 3.8) is 0 Å². The number of Topliss-reactive ketones (excluding diaryl/α,β-unsaturated/α-hetero) is 1. The second-order valence-electron chi connectivity index (χ2n) is 10.9. The molecule has 1 aromatic carbocycles. The Morgan fingerprint density at radius 3 is 2.44 bits per heavy atom. The zero-order chi connectivity index (χ0) is 24.3. The van der Waals surface area contributed by atoms with Gasteiger partial charge in [-0.15, -0.1) is 0 Å². The maximum atomic E-state index is 13.2. The van der Waals surface area contributed by atoms with Crippen molar-refractivity contribution < 1.29 is 19.1 Å². The number of anilines is 1. The lowest BCUT2D eigenvalue weighted by Crippen LogP contribution is -2.57. The van der Waals surface area contributed by atoms with E-state index >= 15 is 0 Å². The fraction of sp³-hybridized carbons (Fsp3) is 0.552. The number of fused-ring (bicyclic) bond motifs is 4. The highest BCUT2D eigenvalue weighted by molar-refractivity contribution is 5.93. The van der Waals surface area contributed by atoms with Crippen LogP contribution in [0.4, 0.5) is 5.69 Å². The van der Waals surface area contributed by atoms with Crippen LogP contribution in [-0.4, -0.2) is 30.2 Å². The van der Waals surface area contributed by atoms with Crippen LogP contribution in [0.2, 0.25) is 0 Å². The molecule has 2 fully saturated rings. The summed E-state index contributed by atoms with van der Waals surface area (Å²) in [5.41, 5.74) is 4.87. The second kappa shape index (κ2) is 8.21. The van der Waals surface area contributed by atoms with Crippen LogP contribution in [0.3, 0.4) is 0 Å². The van der Waals surface area contributed by atoms with Gasteiger partial charge in [0.25, 0.3) is 0 Å². The maximum absolute atomic E-state index is 13.2. The van der Waals surface area contributed by atoms with E-state index in [1.54, 1.807) is 6.92 Å². The van der Waals surface area contributed by atoms with Gasteiger partial charge in [-0.05, 0) is 92.2 Å². The molecule has 0 heterocycles. The van der Waals surface area contributed by atoms with E-state index in [4.69, 9.17) is 4.74 Å². The number of ketones is 2. The minimum Gasteiger partial charge on any atom is -0.451 e. The summed E-state index contributed by atoms with van der Waals surface area (Å²) in [4.78, 5) is 37.6. The van der Waals surface area contributed by atoms with Crippen LogP contribution in [-0.2, 0) is 19.1 Å². The molecule has 0 radical (unpaired) electrons. The van der Waals surface area contributed by atoms with Gasteiger partial charge in [0.15, 0.2) is 17.2 Å². The molecule has 1 aromatic rings. The van der Waals surface area contributed by atoms with E-state index in [9.17, 15) is 14.4 Å². The van der Waals surface area contributed by atoms with Gasteiger partial charge in [-0.1, -0.05) is 24.6 Å². The van der Waals surface area contributed by atoms with E-state index in [2.05, 4.69) is 36.5 Å². The summed E-state index contributed by atoms with van der Waals surface area (Å²) in [6.07, 6.45) is 7.40. The molecule has 5 heteroatoms. The number of benzene rings is 1.